The van der Waals surface area contributed by atoms with E-state index in [9.17, 15) is 9.59 Å². The van der Waals surface area contributed by atoms with Crippen LogP contribution in [0.25, 0.3) is 38.6 Å². The molecule has 2 aromatic carbocycles. The van der Waals surface area contributed by atoms with Gasteiger partial charge in [0.1, 0.15) is 11.2 Å². The third-order valence-corrected chi connectivity index (χ3v) is 5.83. The van der Waals surface area contributed by atoms with Gasteiger partial charge in [-0.3, -0.25) is 4.79 Å². The van der Waals surface area contributed by atoms with Crippen LogP contribution >= 0.6 is 0 Å². The average molecular weight is 410 g/mol. The van der Waals surface area contributed by atoms with E-state index in [0.29, 0.717) is 0 Å². The van der Waals surface area contributed by atoms with Gasteiger partial charge in [0, 0.05) is 16.8 Å². The lowest BCUT2D eigenvalue weighted by Crippen LogP contribution is -2.12. The minimum atomic E-state index is -0.560. The fourth-order valence-corrected chi connectivity index (χ4v) is 4.23. The second-order valence-electron chi connectivity index (χ2n) is 8.82. The van der Waals surface area contributed by atoms with E-state index >= 15 is 0 Å². The number of ether oxygens (including phenoxy) is 1. The summed E-state index contributed by atoms with van der Waals surface area (Å²) in [5.41, 5.74) is 4.88. The van der Waals surface area contributed by atoms with Gasteiger partial charge in [-0.1, -0.05) is 63.2 Å². The topological polar surface area (TPSA) is 60.7 Å². The summed E-state index contributed by atoms with van der Waals surface area (Å²) in [7, 11) is 1.31. The third kappa shape index (κ3) is 2.88. The molecule has 154 valence electrons. The second-order valence-corrected chi connectivity index (χ2v) is 8.82. The van der Waals surface area contributed by atoms with E-state index in [1.807, 2.05) is 24.3 Å². The molecular weight excluding hydrogens is 388 g/mol. The number of methoxy groups -OCH3 is 1. The minimum Gasteiger partial charge on any atom is -0.464 e. The van der Waals surface area contributed by atoms with E-state index in [2.05, 4.69) is 54.4 Å². The largest absolute Gasteiger partial charge is 0.464 e. The highest BCUT2D eigenvalue weighted by Crippen LogP contribution is 2.35. The summed E-state index contributed by atoms with van der Waals surface area (Å²) in [6, 6.07) is 19.6. The lowest BCUT2D eigenvalue weighted by Gasteiger charge is -2.19. The first kappa shape index (κ1) is 19.2. The van der Waals surface area contributed by atoms with Gasteiger partial charge < -0.3 is 9.14 Å². The maximum atomic E-state index is 13.1. The molecule has 31 heavy (non-hydrogen) atoms. The zero-order valence-electron chi connectivity index (χ0n) is 17.9. The van der Waals surface area contributed by atoms with Crippen LogP contribution in [0.2, 0.25) is 0 Å². The number of nitrogens with zero attached hydrogens (tertiary/aromatic N) is 2. The Morgan fingerprint density at radius 3 is 2.35 bits per heavy atom. The molecule has 5 heteroatoms. The SMILES string of the molecule is COC(=O)c1cc2c3ccccc3n3c(-c4ccc(C(C)(C)C)cc4)cc(=O)c(n1)c23. The van der Waals surface area contributed by atoms with Gasteiger partial charge >= 0.3 is 5.97 Å². The van der Waals surface area contributed by atoms with Crippen molar-refractivity contribution in [2.75, 3.05) is 7.11 Å². The Morgan fingerprint density at radius 1 is 0.968 bits per heavy atom. The minimum absolute atomic E-state index is 0.0452. The summed E-state index contributed by atoms with van der Waals surface area (Å²) in [5.74, 6) is -0.560. The van der Waals surface area contributed by atoms with Crippen molar-refractivity contribution in [1.82, 2.24) is 9.38 Å². The number of esters is 1. The van der Waals surface area contributed by atoms with Gasteiger partial charge in [-0.15, -0.1) is 0 Å². The van der Waals surface area contributed by atoms with Crippen molar-refractivity contribution in [3.8, 4) is 11.3 Å². The normalized spacial score (nSPS) is 12.1. The quantitative estimate of drug-likeness (QED) is 0.376. The third-order valence-electron chi connectivity index (χ3n) is 5.83. The number of fused-ring (bicyclic) bond motifs is 3. The zero-order chi connectivity index (χ0) is 21.9. The molecule has 0 atom stereocenters. The molecule has 5 nitrogen and oxygen atoms in total. The number of para-hydroxylation sites is 1. The lowest BCUT2D eigenvalue weighted by molar-refractivity contribution is 0.0594. The molecule has 0 aliphatic carbocycles. The fourth-order valence-electron chi connectivity index (χ4n) is 4.23. The van der Waals surface area contributed by atoms with Gasteiger partial charge in [0.15, 0.2) is 0 Å². The fraction of sp³-hybridized carbons (Fsp3) is 0.192. The lowest BCUT2D eigenvalue weighted by atomic mass is 9.86. The predicted molar refractivity (Wildman–Crippen MR) is 123 cm³/mol. The van der Waals surface area contributed by atoms with Crippen LogP contribution in [0.4, 0.5) is 0 Å². The highest BCUT2D eigenvalue weighted by atomic mass is 16.5. The number of hydrogen-bond donors (Lipinski definition) is 0. The molecule has 0 bridgehead atoms. The number of aromatic nitrogens is 2. The van der Waals surface area contributed by atoms with E-state index in [4.69, 9.17) is 4.74 Å². The van der Waals surface area contributed by atoms with Gasteiger partial charge in [0.05, 0.1) is 23.8 Å². The van der Waals surface area contributed by atoms with Crippen molar-refractivity contribution in [1.29, 1.82) is 0 Å². The predicted octanol–water partition coefficient (Wildman–Crippen LogP) is 5.19. The van der Waals surface area contributed by atoms with E-state index in [-0.39, 0.29) is 22.1 Å². The van der Waals surface area contributed by atoms with Crippen molar-refractivity contribution in [2.24, 2.45) is 0 Å². The maximum Gasteiger partial charge on any atom is 0.356 e. The summed E-state index contributed by atoms with van der Waals surface area (Å²) in [6.45, 7) is 6.53. The molecule has 0 N–H and O–H groups in total. The van der Waals surface area contributed by atoms with Gasteiger partial charge in [-0.25, -0.2) is 9.78 Å². The smallest absolute Gasteiger partial charge is 0.356 e. The monoisotopic (exact) mass is 410 g/mol. The van der Waals surface area contributed by atoms with Crippen LogP contribution in [0, 0.1) is 0 Å². The summed E-state index contributed by atoms with van der Waals surface area (Å²) in [4.78, 5) is 29.7. The van der Waals surface area contributed by atoms with Crippen LogP contribution in [0.5, 0.6) is 0 Å². The number of pyridine rings is 2. The van der Waals surface area contributed by atoms with E-state index < -0.39 is 5.97 Å². The van der Waals surface area contributed by atoms with Gasteiger partial charge in [0.25, 0.3) is 0 Å². The Labute approximate surface area is 179 Å². The van der Waals surface area contributed by atoms with Crippen LogP contribution in [0.3, 0.4) is 0 Å². The second kappa shape index (κ2) is 6.64. The molecule has 3 heterocycles. The molecule has 0 saturated heterocycles. The number of carbonyl (C=O) groups excluding carboxylic acids is 1. The van der Waals surface area contributed by atoms with Crippen molar-refractivity contribution < 1.29 is 9.53 Å². The van der Waals surface area contributed by atoms with Gasteiger partial charge in [-0.05, 0) is 28.7 Å². The van der Waals surface area contributed by atoms with Crippen LogP contribution in [-0.2, 0) is 10.2 Å². The summed E-state index contributed by atoms with van der Waals surface area (Å²) < 4.78 is 6.92. The van der Waals surface area contributed by atoms with E-state index in [1.54, 1.807) is 12.1 Å². The van der Waals surface area contributed by atoms with Gasteiger partial charge in [-0.2, -0.15) is 0 Å². The highest BCUT2D eigenvalue weighted by Gasteiger charge is 2.21. The molecule has 0 saturated carbocycles. The van der Waals surface area contributed by atoms with E-state index in [0.717, 1.165) is 33.1 Å². The van der Waals surface area contributed by atoms with Crippen molar-refractivity contribution >= 4 is 33.3 Å². The van der Waals surface area contributed by atoms with Crippen molar-refractivity contribution in [3.05, 3.63) is 82.1 Å². The van der Waals surface area contributed by atoms with Crippen molar-refractivity contribution in [3.63, 3.8) is 0 Å². The molecule has 0 spiro atoms. The zero-order valence-corrected chi connectivity index (χ0v) is 17.9. The Kier molecular flexibility index (Phi) is 4.12. The van der Waals surface area contributed by atoms with Crippen molar-refractivity contribution in [2.45, 2.75) is 26.2 Å². The molecule has 0 aliphatic rings. The average Bonchev–Trinajstić information content (AvgIpc) is 3.10. The number of carbonyl (C=O) groups is 1. The van der Waals surface area contributed by atoms with Crippen LogP contribution in [0.1, 0.15) is 36.8 Å². The maximum absolute atomic E-state index is 13.1. The standard InChI is InChI=1S/C26H22N2O3/c1-26(2,3)16-11-9-15(10-12-16)21-14-22(29)23-24-18(13-19(27-23)25(30)31-4)17-7-5-6-8-20(17)28(21)24/h5-14H,1-4H3. The van der Waals surface area contributed by atoms with Crippen LogP contribution < -0.4 is 5.43 Å². The molecule has 0 radical (unpaired) electrons. The Morgan fingerprint density at radius 2 is 1.68 bits per heavy atom. The molecule has 0 amide bonds. The van der Waals surface area contributed by atoms with Crippen LogP contribution in [0.15, 0.2) is 65.5 Å². The Bertz CT molecular complexity index is 1520. The van der Waals surface area contributed by atoms with Gasteiger partial charge in [0.2, 0.25) is 5.43 Å². The first-order chi connectivity index (χ1) is 14.8. The summed E-state index contributed by atoms with van der Waals surface area (Å²) >= 11 is 0. The van der Waals surface area contributed by atoms with E-state index in [1.165, 1.54) is 12.7 Å². The molecule has 0 fully saturated rings. The number of benzene rings is 2. The Hall–Kier alpha value is -3.73. The highest BCUT2D eigenvalue weighted by molar-refractivity contribution is 6.15. The molecule has 5 rings (SSSR count). The molecule has 5 aromatic rings. The first-order valence-electron chi connectivity index (χ1n) is 10.2. The Balaban J connectivity index is 1.90. The molecule has 0 aliphatic heterocycles. The summed E-state index contributed by atoms with van der Waals surface area (Å²) in [6.07, 6.45) is 0. The molecule has 3 aromatic heterocycles. The summed E-state index contributed by atoms with van der Waals surface area (Å²) in [5, 5.41) is 1.77. The number of hydrogen-bond acceptors (Lipinski definition) is 4. The molecular formula is C26H22N2O3. The first-order valence-corrected chi connectivity index (χ1v) is 10.2. The molecule has 0 unspecified atom stereocenters. The van der Waals surface area contributed by atoms with Crippen LogP contribution in [-0.4, -0.2) is 22.5 Å². The number of rotatable bonds is 2.